The fourth-order valence-electron chi connectivity index (χ4n) is 4.03. The van der Waals surface area contributed by atoms with Crippen molar-refractivity contribution in [2.24, 2.45) is 0 Å². The summed E-state index contributed by atoms with van der Waals surface area (Å²) in [5.41, 5.74) is 4.97. The molecule has 36 heavy (non-hydrogen) atoms. The van der Waals surface area contributed by atoms with Crippen LogP contribution >= 0.6 is 11.6 Å². The lowest BCUT2D eigenvalue weighted by atomic mass is 10.0. The van der Waals surface area contributed by atoms with E-state index in [-0.39, 0.29) is 17.1 Å². The Morgan fingerprint density at radius 1 is 1.03 bits per heavy atom. The quantitative estimate of drug-likeness (QED) is 0.341. The number of rotatable bonds is 7. The number of benzene rings is 3. The Morgan fingerprint density at radius 2 is 1.75 bits per heavy atom. The van der Waals surface area contributed by atoms with E-state index in [1.165, 1.54) is 6.26 Å². The summed E-state index contributed by atoms with van der Waals surface area (Å²) >= 11 is 6.54. The molecular weight excluding hydrogens is 501 g/mol. The van der Waals surface area contributed by atoms with E-state index in [2.05, 4.69) is 10.3 Å². The highest BCUT2D eigenvalue weighted by molar-refractivity contribution is 7.90. The van der Waals surface area contributed by atoms with Crippen LogP contribution in [-0.2, 0) is 9.84 Å². The molecule has 0 aliphatic carbocycles. The van der Waals surface area contributed by atoms with Gasteiger partial charge in [0.1, 0.15) is 18.2 Å². The van der Waals surface area contributed by atoms with Crippen molar-refractivity contribution >= 4 is 27.3 Å². The Hall–Kier alpha value is -3.49. The summed E-state index contributed by atoms with van der Waals surface area (Å²) < 4.78 is 38.4. The van der Waals surface area contributed by atoms with Crippen LogP contribution in [0.5, 0.6) is 0 Å². The minimum Gasteiger partial charge on any atom is -0.348 e. The molecular formula is C27H25ClFN3O3S. The predicted molar refractivity (Wildman–Crippen MR) is 140 cm³/mol. The number of alkyl halides is 1. The molecule has 6 nitrogen and oxygen atoms in total. The first-order valence-electron chi connectivity index (χ1n) is 11.2. The number of carbonyl (C=O) groups excluding carboxylic acids is 1. The third kappa shape index (κ3) is 5.20. The number of nitrogens with one attached hydrogen (secondary N) is 1. The van der Waals surface area contributed by atoms with Gasteiger partial charge in [0.2, 0.25) is 0 Å². The number of halogens is 2. The molecule has 9 heteroatoms. The zero-order valence-corrected chi connectivity index (χ0v) is 21.6. The highest BCUT2D eigenvalue weighted by Crippen LogP contribution is 2.34. The molecule has 0 unspecified atom stereocenters. The smallest absolute Gasteiger partial charge is 0.271 e. The number of amides is 1. The average molecular weight is 526 g/mol. The lowest BCUT2D eigenvalue weighted by Crippen LogP contribution is -2.25. The lowest BCUT2D eigenvalue weighted by Gasteiger charge is -2.15. The Bertz CT molecular complexity index is 1540. The van der Waals surface area contributed by atoms with Gasteiger partial charge in [0.05, 0.1) is 15.6 Å². The van der Waals surface area contributed by atoms with Crippen LogP contribution in [0, 0.1) is 13.8 Å². The number of hydrogen-bond donors (Lipinski definition) is 1. The first-order valence-corrected chi connectivity index (χ1v) is 13.5. The van der Waals surface area contributed by atoms with E-state index in [0.717, 1.165) is 27.9 Å². The van der Waals surface area contributed by atoms with Gasteiger partial charge in [-0.25, -0.2) is 17.8 Å². The molecule has 1 N–H and O–H groups in total. The van der Waals surface area contributed by atoms with Crippen LogP contribution in [0.25, 0.3) is 28.2 Å². The van der Waals surface area contributed by atoms with Crippen molar-refractivity contribution in [3.8, 4) is 28.2 Å². The van der Waals surface area contributed by atoms with E-state index in [1.807, 2.05) is 50.2 Å². The molecule has 0 fully saturated rings. The molecule has 0 saturated carbocycles. The number of aromatic nitrogens is 2. The van der Waals surface area contributed by atoms with Gasteiger partial charge in [-0.1, -0.05) is 41.9 Å². The second-order valence-corrected chi connectivity index (χ2v) is 10.9. The van der Waals surface area contributed by atoms with Crippen molar-refractivity contribution in [2.45, 2.75) is 18.7 Å². The third-order valence-corrected chi connectivity index (χ3v) is 7.24. The molecule has 0 spiro atoms. The van der Waals surface area contributed by atoms with Gasteiger partial charge < -0.3 is 5.32 Å². The predicted octanol–water partition coefficient (Wildman–Crippen LogP) is 5.58. The van der Waals surface area contributed by atoms with Crippen LogP contribution in [-0.4, -0.2) is 43.4 Å². The average Bonchev–Trinajstić information content (AvgIpc) is 3.26. The standard InChI is InChI=1S/C27H25ClFN3O3S/c1-17-6-4-9-22(28)25(17)26-31-23(27(33)30-13-12-29)16-32(26)24-11-10-20(14-18(24)2)19-7-5-8-21(15-19)36(3,34)35/h4-11,14-16H,12-13H2,1-3H3,(H,30,33). The molecule has 0 saturated heterocycles. The van der Waals surface area contributed by atoms with Crippen molar-refractivity contribution in [1.29, 1.82) is 0 Å². The second kappa shape index (κ2) is 10.2. The van der Waals surface area contributed by atoms with Crippen LogP contribution in [0.1, 0.15) is 21.6 Å². The number of carbonyl (C=O) groups is 1. The molecule has 1 heterocycles. The maximum Gasteiger partial charge on any atom is 0.271 e. The third-order valence-electron chi connectivity index (χ3n) is 5.82. The molecule has 4 aromatic rings. The zero-order valence-electron chi connectivity index (χ0n) is 20.0. The van der Waals surface area contributed by atoms with Gasteiger partial charge >= 0.3 is 0 Å². The molecule has 0 atom stereocenters. The Morgan fingerprint density at radius 3 is 2.42 bits per heavy atom. The van der Waals surface area contributed by atoms with Crippen molar-refractivity contribution in [3.05, 3.63) is 88.7 Å². The number of hydrogen-bond acceptors (Lipinski definition) is 4. The molecule has 4 rings (SSSR count). The van der Waals surface area contributed by atoms with Gasteiger partial charge in [-0.2, -0.15) is 0 Å². The van der Waals surface area contributed by atoms with Crippen molar-refractivity contribution in [1.82, 2.24) is 14.9 Å². The summed E-state index contributed by atoms with van der Waals surface area (Å²) in [6, 6.07) is 18.0. The summed E-state index contributed by atoms with van der Waals surface area (Å²) in [6.45, 7) is 3.05. The Kier molecular flexibility index (Phi) is 7.28. The molecule has 1 aromatic heterocycles. The SMILES string of the molecule is Cc1cc(-c2cccc(S(C)(=O)=O)c2)ccc1-n1cc(C(=O)NCCF)nc1-c1c(C)cccc1Cl. The van der Waals surface area contributed by atoms with Crippen LogP contribution < -0.4 is 5.32 Å². The summed E-state index contributed by atoms with van der Waals surface area (Å²) in [4.78, 5) is 17.4. The van der Waals surface area contributed by atoms with Crippen LogP contribution in [0.2, 0.25) is 5.02 Å². The number of sulfone groups is 1. The van der Waals surface area contributed by atoms with Crippen LogP contribution in [0.3, 0.4) is 0 Å². The van der Waals surface area contributed by atoms with Gasteiger partial charge in [0.25, 0.3) is 5.91 Å². The number of nitrogens with zero attached hydrogens (tertiary/aromatic N) is 2. The fraction of sp³-hybridized carbons (Fsp3) is 0.185. The topological polar surface area (TPSA) is 81.1 Å². The first kappa shape index (κ1) is 25.6. The normalized spacial score (nSPS) is 11.5. The maximum absolute atomic E-state index is 12.6. The Labute approximate surface area is 214 Å². The van der Waals surface area contributed by atoms with Gasteiger partial charge in [-0.3, -0.25) is 9.36 Å². The molecule has 0 bridgehead atoms. The van der Waals surface area contributed by atoms with Gasteiger partial charge in [-0.15, -0.1) is 0 Å². The van der Waals surface area contributed by atoms with Gasteiger partial charge in [0, 0.05) is 24.6 Å². The minimum atomic E-state index is -3.34. The monoisotopic (exact) mass is 525 g/mol. The van der Waals surface area contributed by atoms with Crippen molar-refractivity contribution in [2.75, 3.05) is 19.5 Å². The molecule has 0 aliphatic rings. The largest absolute Gasteiger partial charge is 0.348 e. The maximum atomic E-state index is 12.6. The molecule has 186 valence electrons. The molecule has 3 aromatic carbocycles. The molecule has 0 aliphatic heterocycles. The second-order valence-electron chi connectivity index (χ2n) is 8.50. The Balaban J connectivity index is 1.85. The van der Waals surface area contributed by atoms with E-state index in [9.17, 15) is 17.6 Å². The molecule has 0 radical (unpaired) electrons. The van der Waals surface area contributed by atoms with Crippen LogP contribution in [0.4, 0.5) is 4.39 Å². The first-order chi connectivity index (χ1) is 17.1. The van der Waals surface area contributed by atoms with Crippen molar-refractivity contribution in [3.63, 3.8) is 0 Å². The molecule has 1 amide bonds. The van der Waals surface area contributed by atoms with E-state index in [0.29, 0.717) is 16.4 Å². The number of imidazole rings is 1. The summed E-state index contributed by atoms with van der Waals surface area (Å²) in [7, 11) is -3.34. The highest BCUT2D eigenvalue weighted by Gasteiger charge is 2.21. The minimum absolute atomic E-state index is 0.105. The number of aryl methyl sites for hydroxylation is 2. The van der Waals surface area contributed by atoms with Crippen molar-refractivity contribution < 1.29 is 17.6 Å². The van der Waals surface area contributed by atoms with E-state index < -0.39 is 22.4 Å². The summed E-state index contributed by atoms with van der Waals surface area (Å²) in [5.74, 6) is 0.00245. The van der Waals surface area contributed by atoms with E-state index in [1.54, 1.807) is 35.0 Å². The summed E-state index contributed by atoms with van der Waals surface area (Å²) in [5, 5.41) is 3.00. The lowest BCUT2D eigenvalue weighted by molar-refractivity contribution is 0.0946. The highest BCUT2D eigenvalue weighted by atomic mass is 35.5. The van der Waals surface area contributed by atoms with Gasteiger partial charge in [0.15, 0.2) is 9.84 Å². The summed E-state index contributed by atoms with van der Waals surface area (Å²) in [6.07, 6.45) is 2.79. The fourth-order valence-corrected chi connectivity index (χ4v) is 5.00. The van der Waals surface area contributed by atoms with E-state index in [4.69, 9.17) is 11.6 Å². The zero-order chi connectivity index (χ0) is 26.0. The van der Waals surface area contributed by atoms with Crippen LogP contribution in [0.15, 0.2) is 71.8 Å². The van der Waals surface area contributed by atoms with Gasteiger partial charge in [-0.05, 0) is 66.4 Å². The van der Waals surface area contributed by atoms with E-state index >= 15 is 0 Å².